The second kappa shape index (κ2) is 5.40. The first-order valence-electron chi connectivity index (χ1n) is 6.38. The molecule has 110 valence electrons. The highest BCUT2D eigenvalue weighted by atomic mass is 32.1. The number of nitrogens with zero attached hydrogens (tertiary/aromatic N) is 2. The number of hydrogen-bond donors (Lipinski definition) is 0. The van der Waals surface area contributed by atoms with Crippen LogP contribution in [0.3, 0.4) is 0 Å². The van der Waals surface area contributed by atoms with Crippen LogP contribution in [0, 0.1) is 0 Å². The summed E-state index contributed by atoms with van der Waals surface area (Å²) in [5, 5.41) is 2.30. The van der Waals surface area contributed by atoms with Gasteiger partial charge in [-0.05, 0) is 12.0 Å². The molecule has 1 aromatic carbocycles. The van der Waals surface area contributed by atoms with E-state index in [0.29, 0.717) is 21.9 Å². The Morgan fingerprint density at radius 3 is 3.00 bits per heavy atom. The van der Waals surface area contributed by atoms with Gasteiger partial charge in [0.15, 0.2) is 0 Å². The molecule has 0 N–H and O–H groups in total. The number of rotatable bonds is 2. The number of thiazole rings is 1. The molecule has 0 atom stereocenters. The molecule has 0 spiro atoms. The van der Waals surface area contributed by atoms with E-state index in [0.717, 1.165) is 0 Å². The Balaban J connectivity index is 1.75. The monoisotopic (exact) mass is 310 g/mol. The number of halogens is 2. The maximum absolute atomic E-state index is 14.4. The van der Waals surface area contributed by atoms with Crippen LogP contribution in [-0.2, 0) is 23.8 Å². The van der Waals surface area contributed by atoms with Gasteiger partial charge in [0.25, 0.3) is 0 Å². The second-order valence-corrected chi connectivity index (χ2v) is 5.56. The van der Waals surface area contributed by atoms with E-state index in [4.69, 9.17) is 4.74 Å². The molecule has 0 unspecified atom stereocenters. The van der Waals surface area contributed by atoms with Crippen LogP contribution in [0.5, 0.6) is 0 Å². The molecule has 0 aliphatic carbocycles. The summed E-state index contributed by atoms with van der Waals surface area (Å²) in [4.78, 5) is 16.3. The molecule has 7 heteroatoms. The average Bonchev–Trinajstić information content (AvgIpc) is 2.98. The molecule has 3 rings (SSSR count). The van der Waals surface area contributed by atoms with Gasteiger partial charge in [-0.2, -0.15) is 8.78 Å². The Hall–Kier alpha value is -2.02. The van der Waals surface area contributed by atoms with Gasteiger partial charge < -0.3 is 4.74 Å². The van der Waals surface area contributed by atoms with Gasteiger partial charge in [-0.3, -0.25) is 0 Å². The van der Waals surface area contributed by atoms with Crippen LogP contribution in [0.4, 0.5) is 13.6 Å². The third-order valence-corrected chi connectivity index (χ3v) is 4.06. The molecule has 2 aromatic rings. The van der Waals surface area contributed by atoms with Crippen LogP contribution in [0.15, 0.2) is 35.8 Å². The van der Waals surface area contributed by atoms with Gasteiger partial charge in [0, 0.05) is 23.7 Å². The van der Waals surface area contributed by atoms with E-state index in [1.54, 1.807) is 23.7 Å². The lowest BCUT2D eigenvalue weighted by atomic mass is 9.98. The van der Waals surface area contributed by atoms with E-state index in [1.165, 1.54) is 23.5 Å². The molecule has 1 aromatic heterocycles. The number of benzene rings is 1. The lowest BCUT2D eigenvalue weighted by Crippen LogP contribution is -2.48. The zero-order valence-corrected chi connectivity index (χ0v) is 11.8. The largest absolute Gasteiger partial charge is 0.442 e. The van der Waals surface area contributed by atoms with E-state index in [2.05, 4.69) is 4.98 Å². The molecule has 2 heterocycles. The summed E-state index contributed by atoms with van der Waals surface area (Å²) in [6, 6.07) is 2.90. The van der Waals surface area contributed by atoms with Crippen molar-refractivity contribution in [3.8, 4) is 0 Å². The van der Waals surface area contributed by atoms with Crippen molar-refractivity contribution in [3.63, 3.8) is 0 Å². The van der Waals surface area contributed by atoms with Crippen molar-refractivity contribution in [2.45, 2.75) is 19.1 Å². The lowest BCUT2D eigenvalue weighted by Gasteiger charge is -2.35. The van der Waals surface area contributed by atoms with Crippen molar-refractivity contribution in [1.29, 1.82) is 0 Å². The normalized spacial score (nSPS) is 16.4. The first kappa shape index (κ1) is 13.9. The van der Waals surface area contributed by atoms with Crippen molar-refractivity contribution in [2.24, 2.45) is 0 Å². The van der Waals surface area contributed by atoms with E-state index in [1.807, 2.05) is 0 Å². The second-order valence-electron chi connectivity index (χ2n) is 4.58. The molecule has 0 radical (unpaired) electrons. The lowest BCUT2D eigenvalue weighted by molar-refractivity contribution is -0.146. The minimum Gasteiger partial charge on any atom is -0.442 e. The van der Waals surface area contributed by atoms with Gasteiger partial charge in [-0.25, -0.2) is 14.7 Å². The summed E-state index contributed by atoms with van der Waals surface area (Å²) in [5.41, 5.74) is 0.425. The summed E-state index contributed by atoms with van der Waals surface area (Å²) < 4.78 is 33.7. The maximum Gasteiger partial charge on any atom is 0.415 e. The molecule has 0 bridgehead atoms. The maximum atomic E-state index is 14.4. The highest BCUT2D eigenvalue weighted by Gasteiger charge is 2.47. The summed E-state index contributed by atoms with van der Waals surface area (Å²) in [6.07, 6.45) is 0.933. The van der Waals surface area contributed by atoms with Crippen LogP contribution < -0.4 is 0 Å². The smallest absolute Gasteiger partial charge is 0.415 e. The van der Waals surface area contributed by atoms with E-state index < -0.39 is 12.1 Å². The third kappa shape index (κ3) is 2.61. The number of fused-ring (bicyclic) bond motifs is 1. The average molecular weight is 310 g/mol. The molecular formula is C14H12F2N2O2S. The minimum atomic E-state index is -3.35. The van der Waals surface area contributed by atoms with Crippen molar-refractivity contribution in [2.75, 3.05) is 6.54 Å². The van der Waals surface area contributed by atoms with Gasteiger partial charge in [0.2, 0.25) is 0 Å². The summed E-state index contributed by atoms with van der Waals surface area (Å²) in [6.45, 7) is -0.161. The molecular weight excluding hydrogens is 298 g/mol. The standard InChI is InChI=1S/C14H12F2N2O2S/c15-14(16)11-4-2-1-3-10(11)5-7-18(14)13(19)20-9-12-17-6-8-21-12/h1-4,6,8H,5,7,9H2. The zero-order chi connectivity index (χ0) is 14.9. The first-order chi connectivity index (χ1) is 10.1. The van der Waals surface area contributed by atoms with Crippen molar-refractivity contribution in [1.82, 2.24) is 9.88 Å². The quantitative estimate of drug-likeness (QED) is 0.799. The predicted octanol–water partition coefficient (Wildman–Crippen LogP) is 3.39. The Bertz CT molecular complexity index is 646. The Morgan fingerprint density at radius 2 is 2.24 bits per heavy atom. The number of alkyl halides is 2. The van der Waals surface area contributed by atoms with E-state index in [-0.39, 0.29) is 18.7 Å². The molecule has 0 fully saturated rings. The number of hydrogen-bond acceptors (Lipinski definition) is 4. The third-order valence-electron chi connectivity index (χ3n) is 3.31. The van der Waals surface area contributed by atoms with Crippen molar-refractivity contribution in [3.05, 3.63) is 52.0 Å². The Morgan fingerprint density at radius 1 is 1.43 bits per heavy atom. The molecule has 0 saturated carbocycles. The van der Waals surface area contributed by atoms with Gasteiger partial charge in [-0.1, -0.05) is 24.3 Å². The van der Waals surface area contributed by atoms with E-state index >= 15 is 0 Å². The summed E-state index contributed by atoms with van der Waals surface area (Å²) in [7, 11) is 0. The number of aromatic nitrogens is 1. The number of amides is 1. The van der Waals surface area contributed by atoms with Crippen LogP contribution in [0.2, 0.25) is 0 Å². The van der Waals surface area contributed by atoms with Crippen molar-refractivity contribution < 1.29 is 18.3 Å². The number of carbonyl (C=O) groups excluding carboxylic acids is 1. The fourth-order valence-corrected chi connectivity index (χ4v) is 2.81. The molecule has 0 saturated heterocycles. The molecule has 1 aliphatic heterocycles. The van der Waals surface area contributed by atoms with Crippen molar-refractivity contribution >= 4 is 17.4 Å². The van der Waals surface area contributed by atoms with Gasteiger partial charge in [0.1, 0.15) is 11.6 Å². The van der Waals surface area contributed by atoms with Crippen LogP contribution in [-0.4, -0.2) is 22.5 Å². The van der Waals surface area contributed by atoms with Gasteiger partial charge in [-0.15, -0.1) is 11.3 Å². The number of carbonyl (C=O) groups is 1. The first-order valence-corrected chi connectivity index (χ1v) is 7.26. The predicted molar refractivity (Wildman–Crippen MR) is 73.0 cm³/mol. The molecule has 1 aliphatic rings. The molecule has 1 amide bonds. The minimum absolute atomic E-state index is 0.0687. The summed E-state index contributed by atoms with van der Waals surface area (Å²) in [5.74, 6) is 0. The Labute approximate surface area is 124 Å². The van der Waals surface area contributed by atoms with Crippen LogP contribution in [0.1, 0.15) is 16.1 Å². The fraction of sp³-hybridized carbons (Fsp3) is 0.286. The Kier molecular flexibility index (Phi) is 3.59. The molecule has 21 heavy (non-hydrogen) atoms. The highest BCUT2D eigenvalue weighted by molar-refractivity contribution is 7.09. The fourth-order valence-electron chi connectivity index (χ4n) is 2.28. The van der Waals surface area contributed by atoms with E-state index in [9.17, 15) is 13.6 Å². The topological polar surface area (TPSA) is 42.4 Å². The highest BCUT2D eigenvalue weighted by Crippen LogP contribution is 2.38. The SMILES string of the molecule is O=C(OCc1nccs1)N1CCc2ccccc2C1(F)F. The van der Waals surface area contributed by atoms with Gasteiger partial charge >= 0.3 is 12.1 Å². The molecule has 4 nitrogen and oxygen atoms in total. The summed E-state index contributed by atoms with van der Waals surface area (Å²) >= 11 is 1.31. The van der Waals surface area contributed by atoms with Gasteiger partial charge in [0.05, 0.1) is 0 Å². The number of ether oxygens (including phenoxy) is 1. The zero-order valence-electron chi connectivity index (χ0n) is 11.0. The van der Waals surface area contributed by atoms with Crippen LogP contribution in [0.25, 0.3) is 0 Å². The van der Waals surface area contributed by atoms with Crippen LogP contribution >= 0.6 is 11.3 Å².